The maximum absolute atomic E-state index is 12.8. The van der Waals surface area contributed by atoms with E-state index in [9.17, 15) is 9.18 Å². The quantitative estimate of drug-likeness (QED) is 0.859. The van der Waals surface area contributed by atoms with Gasteiger partial charge in [-0.3, -0.25) is 4.79 Å². The third kappa shape index (κ3) is 1.63. The number of amides is 1. The predicted molar refractivity (Wildman–Crippen MR) is 62.9 cm³/mol. The highest BCUT2D eigenvalue weighted by atomic mass is 19.1. The molecule has 4 heteroatoms. The third-order valence-electron chi connectivity index (χ3n) is 3.91. The van der Waals surface area contributed by atoms with Gasteiger partial charge in [-0.15, -0.1) is 0 Å². The summed E-state index contributed by atoms with van der Waals surface area (Å²) in [6.07, 6.45) is 0.943. The lowest BCUT2D eigenvalue weighted by molar-refractivity contribution is -0.119. The van der Waals surface area contributed by atoms with E-state index in [1.165, 1.54) is 12.1 Å². The van der Waals surface area contributed by atoms with Crippen LogP contribution in [0.4, 0.5) is 10.1 Å². The largest absolute Gasteiger partial charge is 0.330 e. The van der Waals surface area contributed by atoms with E-state index in [2.05, 4.69) is 0 Å². The number of piperidine rings is 1. The Kier molecular flexibility index (Phi) is 2.40. The van der Waals surface area contributed by atoms with Gasteiger partial charge in [0.1, 0.15) is 5.82 Å². The molecule has 3 atom stereocenters. The lowest BCUT2D eigenvalue weighted by Crippen LogP contribution is -2.30. The topological polar surface area (TPSA) is 46.3 Å². The van der Waals surface area contributed by atoms with Gasteiger partial charge in [-0.25, -0.2) is 4.39 Å². The Bertz CT molecular complexity index is 445. The molecule has 2 N–H and O–H groups in total. The van der Waals surface area contributed by atoms with Crippen LogP contribution in [0.25, 0.3) is 0 Å². The van der Waals surface area contributed by atoms with Gasteiger partial charge in [0.25, 0.3) is 0 Å². The van der Waals surface area contributed by atoms with Crippen molar-refractivity contribution in [3.05, 3.63) is 30.1 Å². The number of nitrogens with two attached hydrogens (primary N) is 1. The summed E-state index contributed by atoms with van der Waals surface area (Å²) in [7, 11) is 0. The van der Waals surface area contributed by atoms with Crippen molar-refractivity contribution < 1.29 is 9.18 Å². The van der Waals surface area contributed by atoms with Crippen molar-refractivity contribution in [2.75, 3.05) is 18.0 Å². The Morgan fingerprint density at radius 3 is 2.59 bits per heavy atom. The summed E-state index contributed by atoms with van der Waals surface area (Å²) in [6, 6.07) is 6.11. The van der Waals surface area contributed by atoms with Gasteiger partial charge < -0.3 is 10.6 Å². The fourth-order valence-corrected chi connectivity index (χ4v) is 2.98. The summed E-state index contributed by atoms with van der Waals surface area (Å²) in [4.78, 5) is 13.9. The molecule has 1 amide bonds. The standard InChI is InChI=1S/C13H15FN2O/c14-8-1-3-9(4-2-8)16-7-11-10(5-6-15)12(11)13(16)17/h1-4,10-12H,5-7,15H2/t10-,11-,12-/m0/s1. The minimum atomic E-state index is -0.272. The molecule has 1 saturated carbocycles. The van der Waals surface area contributed by atoms with E-state index in [4.69, 9.17) is 5.73 Å². The van der Waals surface area contributed by atoms with Gasteiger partial charge in [0.05, 0.1) is 0 Å². The van der Waals surface area contributed by atoms with Crippen LogP contribution >= 0.6 is 0 Å². The fourth-order valence-electron chi connectivity index (χ4n) is 2.98. The molecule has 0 radical (unpaired) electrons. The molecule has 3 nitrogen and oxygen atoms in total. The van der Waals surface area contributed by atoms with Crippen molar-refractivity contribution in [1.82, 2.24) is 0 Å². The first kappa shape index (κ1) is 10.7. The zero-order valence-electron chi connectivity index (χ0n) is 9.47. The molecule has 0 unspecified atom stereocenters. The van der Waals surface area contributed by atoms with Crippen molar-refractivity contribution in [1.29, 1.82) is 0 Å². The highest BCUT2D eigenvalue weighted by Gasteiger charge is 2.60. The van der Waals surface area contributed by atoms with Crippen LogP contribution in [-0.4, -0.2) is 19.0 Å². The fraction of sp³-hybridized carbons (Fsp3) is 0.462. The van der Waals surface area contributed by atoms with Gasteiger partial charge in [0.2, 0.25) is 5.91 Å². The van der Waals surface area contributed by atoms with Crippen molar-refractivity contribution in [3.63, 3.8) is 0 Å². The van der Waals surface area contributed by atoms with E-state index in [0.717, 1.165) is 18.7 Å². The summed E-state index contributed by atoms with van der Waals surface area (Å²) in [5, 5.41) is 0. The van der Waals surface area contributed by atoms with Gasteiger partial charge >= 0.3 is 0 Å². The zero-order valence-corrected chi connectivity index (χ0v) is 9.47. The molecular formula is C13H15FN2O. The van der Waals surface area contributed by atoms with E-state index in [-0.39, 0.29) is 17.6 Å². The molecule has 90 valence electrons. The average Bonchev–Trinajstić information content (AvgIpc) is 2.88. The van der Waals surface area contributed by atoms with Crippen LogP contribution in [-0.2, 0) is 4.79 Å². The van der Waals surface area contributed by atoms with Gasteiger partial charge in [0.15, 0.2) is 0 Å². The van der Waals surface area contributed by atoms with Crippen LogP contribution in [0, 0.1) is 23.6 Å². The van der Waals surface area contributed by atoms with Crippen LogP contribution in [0.3, 0.4) is 0 Å². The molecular weight excluding hydrogens is 219 g/mol. The molecule has 2 aliphatic rings. The van der Waals surface area contributed by atoms with Crippen LogP contribution < -0.4 is 10.6 Å². The number of hydrogen-bond acceptors (Lipinski definition) is 2. The van der Waals surface area contributed by atoms with E-state index >= 15 is 0 Å². The molecule has 1 aliphatic heterocycles. The summed E-state index contributed by atoms with van der Waals surface area (Å²) in [5.41, 5.74) is 6.31. The van der Waals surface area contributed by atoms with Crippen LogP contribution in [0.5, 0.6) is 0 Å². The van der Waals surface area contributed by atoms with Gasteiger partial charge in [0, 0.05) is 18.2 Å². The SMILES string of the molecule is NCC[C@H]1[C@@H]2CN(c3ccc(F)cc3)C(=O)[C@@H]12. The number of carbonyl (C=O) groups excluding carboxylic acids is 1. The Balaban J connectivity index is 1.73. The summed E-state index contributed by atoms with van der Waals surface area (Å²) < 4.78 is 12.8. The number of halogens is 1. The van der Waals surface area contributed by atoms with Crippen LogP contribution in [0.2, 0.25) is 0 Å². The van der Waals surface area contributed by atoms with E-state index < -0.39 is 0 Å². The third-order valence-corrected chi connectivity index (χ3v) is 3.91. The highest BCUT2D eigenvalue weighted by molar-refractivity contribution is 6.00. The second kappa shape index (κ2) is 3.81. The van der Waals surface area contributed by atoms with Gasteiger partial charge in [-0.1, -0.05) is 0 Å². The lowest BCUT2D eigenvalue weighted by Gasteiger charge is -2.19. The maximum atomic E-state index is 12.8. The maximum Gasteiger partial charge on any atom is 0.230 e. The first-order valence-corrected chi connectivity index (χ1v) is 5.99. The van der Waals surface area contributed by atoms with Crippen molar-refractivity contribution in [2.45, 2.75) is 6.42 Å². The van der Waals surface area contributed by atoms with Crippen molar-refractivity contribution >= 4 is 11.6 Å². The van der Waals surface area contributed by atoms with Crippen LogP contribution in [0.1, 0.15) is 6.42 Å². The second-order valence-electron chi connectivity index (χ2n) is 4.86. The smallest absolute Gasteiger partial charge is 0.230 e. The van der Waals surface area contributed by atoms with E-state index in [0.29, 0.717) is 18.4 Å². The number of carbonyl (C=O) groups is 1. The Hall–Kier alpha value is -1.42. The Labute approximate surface area is 99.4 Å². The Morgan fingerprint density at radius 1 is 1.35 bits per heavy atom. The molecule has 1 aromatic rings. The lowest BCUT2D eigenvalue weighted by atomic mass is 10.2. The Morgan fingerprint density at radius 2 is 2.06 bits per heavy atom. The monoisotopic (exact) mass is 234 g/mol. The summed E-state index contributed by atoms with van der Waals surface area (Å²) in [6.45, 7) is 1.42. The summed E-state index contributed by atoms with van der Waals surface area (Å²) in [5.74, 6) is 1.04. The molecule has 0 aromatic heterocycles. The number of benzene rings is 1. The molecule has 2 fully saturated rings. The number of anilines is 1. The molecule has 3 rings (SSSR count). The van der Waals surface area contributed by atoms with Crippen molar-refractivity contribution in [3.8, 4) is 0 Å². The number of hydrogen-bond donors (Lipinski definition) is 1. The minimum absolute atomic E-state index is 0.170. The first-order valence-electron chi connectivity index (χ1n) is 5.99. The molecule has 0 spiro atoms. The van der Waals surface area contributed by atoms with Crippen LogP contribution in [0.15, 0.2) is 24.3 Å². The average molecular weight is 234 g/mol. The number of fused-ring (bicyclic) bond motifs is 1. The van der Waals surface area contributed by atoms with Crippen molar-refractivity contribution in [2.24, 2.45) is 23.5 Å². The first-order chi connectivity index (χ1) is 8.22. The van der Waals surface area contributed by atoms with Gasteiger partial charge in [-0.2, -0.15) is 0 Å². The highest BCUT2D eigenvalue weighted by Crippen LogP contribution is 2.54. The summed E-state index contributed by atoms with van der Waals surface area (Å²) >= 11 is 0. The molecule has 17 heavy (non-hydrogen) atoms. The number of rotatable bonds is 3. The molecule has 1 heterocycles. The minimum Gasteiger partial charge on any atom is -0.330 e. The number of nitrogens with zero attached hydrogens (tertiary/aromatic N) is 1. The molecule has 1 aromatic carbocycles. The normalized spacial score (nSPS) is 30.6. The van der Waals surface area contributed by atoms with E-state index in [1.54, 1.807) is 17.0 Å². The molecule has 1 aliphatic carbocycles. The second-order valence-corrected chi connectivity index (χ2v) is 4.86. The predicted octanol–water partition coefficient (Wildman–Crippen LogP) is 1.38. The zero-order chi connectivity index (χ0) is 12.0. The molecule has 0 bridgehead atoms. The van der Waals surface area contributed by atoms with Gasteiger partial charge in [-0.05, 0) is 49.1 Å². The molecule has 1 saturated heterocycles. The van der Waals surface area contributed by atoms with E-state index in [1.807, 2.05) is 0 Å².